The second-order valence-corrected chi connectivity index (χ2v) is 7.30. The zero-order valence-corrected chi connectivity index (χ0v) is 16.6. The number of halogens is 1. The molecule has 2 aromatic heterocycles. The number of nitrogens with one attached hydrogen (secondary N) is 1. The summed E-state index contributed by atoms with van der Waals surface area (Å²) < 4.78 is 24.9. The molecule has 1 amide bonds. The molecule has 1 aromatic carbocycles. The van der Waals surface area contributed by atoms with Gasteiger partial charge >= 0.3 is 0 Å². The van der Waals surface area contributed by atoms with E-state index >= 15 is 0 Å². The first-order valence-corrected chi connectivity index (χ1v) is 9.76. The van der Waals surface area contributed by atoms with Crippen LogP contribution in [0.5, 0.6) is 5.88 Å². The van der Waals surface area contributed by atoms with Crippen LogP contribution in [0.15, 0.2) is 42.6 Å². The number of rotatable bonds is 5. The van der Waals surface area contributed by atoms with Crippen LogP contribution in [-0.4, -0.2) is 48.3 Å². The van der Waals surface area contributed by atoms with Gasteiger partial charge in [0.05, 0.1) is 13.7 Å². The summed E-state index contributed by atoms with van der Waals surface area (Å²) in [7, 11) is 1.55. The number of carbonyl (C=O) groups is 1. The van der Waals surface area contributed by atoms with Gasteiger partial charge in [0.15, 0.2) is 0 Å². The predicted molar refractivity (Wildman–Crippen MR) is 110 cm³/mol. The number of hydrogen-bond donors (Lipinski definition) is 2. The Labute approximate surface area is 173 Å². The Balaban J connectivity index is 1.68. The average Bonchev–Trinajstić information content (AvgIpc) is 2.76. The summed E-state index contributed by atoms with van der Waals surface area (Å²) in [5.74, 6) is -0.340. The van der Waals surface area contributed by atoms with Crippen LogP contribution in [0.3, 0.4) is 0 Å². The maximum Gasteiger partial charge on any atom is 0.270 e. The molecule has 1 unspecified atom stereocenters. The molecule has 30 heavy (non-hydrogen) atoms. The lowest BCUT2D eigenvalue weighted by atomic mass is 10.00. The first-order valence-electron chi connectivity index (χ1n) is 9.76. The van der Waals surface area contributed by atoms with Crippen molar-refractivity contribution >= 4 is 16.8 Å². The van der Waals surface area contributed by atoms with Crippen molar-refractivity contribution < 1.29 is 18.7 Å². The molecule has 8 heteroatoms. The number of aromatic nitrogens is 2. The monoisotopic (exact) mass is 410 g/mol. The molecular weight excluding hydrogens is 387 g/mol. The van der Waals surface area contributed by atoms with E-state index in [0.29, 0.717) is 37.3 Å². The molecule has 0 bridgehead atoms. The van der Waals surface area contributed by atoms with Crippen molar-refractivity contribution in [2.75, 3.05) is 20.3 Å². The lowest BCUT2D eigenvalue weighted by Crippen LogP contribution is -2.53. The molecule has 1 aliphatic rings. The molecule has 0 radical (unpaired) electrons. The molecule has 0 saturated carbocycles. The Morgan fingerprint density at radius 1 is 1.37 bits per heavy atom. The first kappa shape index (κ1) is 20.2. The molecule has 1 aliphatic heterocycles. The molecule has 7 nitrogen and oxygen atoms in total. The van der Waals surface area contributed by atoms with Gasteiger partial charge in [-0.15, -0.1) is 0 Å². The zero-order valence-electron chi connectivity index (χ0n) is 16.6. The van der Waals surface area contributed by atoms with E-state index in [1.165, 1.54) is 6.07 Å². The van der Waals surface area contributed by atoms with E-state index in [0.717, 1.165) is 11.1 Å². The molecule has 3 N–H and O–H groups in total. The second kappa shape index (κ2) is 8.73. The summed E-state index contributed by atoms with van der Waals surface area (Å²) in [6.07, 6.45) is 2.79. The third kappa shape index (κ3) is 4.24. The van der Waals surface area contributed by atoms with Crippen LogP contribution >= 0.6 is 0 Å². The first-order chi connectivity index (χ1) is 14.5. The minimum Gasteiger partial charge on any atom is -0.481 e. The summed E-state index contributed by atoms with van der Waals surface area (Å²) in [6.45, 7) is 0.925. The number of amides is 1. The quantitative estimate of drug-likeness (QED) is 0.669. The molecule has 1 saturated heterocycles. The predicted octanol–water partition coefficient (Wildman–Crippen LogP) is 2.21. The zero-order chi connectivity index (χ0) is 21.1. The highest BCUT2D eigenvalue weighted by atomic mass is 19.1. The van der Waals surface area contributed by atoms with Crippen LogP contribution in [0, 0.1) is 5.82 Å². The molecular formula is C22H23FN4O3. The number of para-hydroxylation sites is 1. The van der Waals surface area contributed by atoms with Crippen molar-refractivity contribution in [3.63, 3.8) is 0 Å². The number of benzene rings is 1. The van der Waals surface area contributed by atoms with E-state index in [4.69, 9.17) is 15.2 Å². The lowest BCUT2D eigenvalue weighted by molar-refractivity contribution is 0.0571. The van der Waals surface area contributed by atoms with Gasteiger partial charge in [-0.1, -0.05) is 18.2 Å². The topological polar surface area (TPSA) is 99.4 Å². The summed E-state index contributed by atoms with van der Waals surface area (Å²) in [4.78, 5) is 21.4. The van der Waals surface area contributed by atoms with Gasteiger partial charge in [0.2, 0.25) is 5.88 Å². The lowest BCUT2D eigenvalue weighted by Gasteiger charge is -2.29. The van der Waals surface area contributed by atoms with Gasteiger partial charge in [0.1, 0.15) is 17.0 Å². The summed E-state index contributed by atoms with van der Waals surface area (Å²) in [6, 6.07) is 9.63. The van der Waals surface area contributed by atoms with Gasteiger partial charge in [0.25, 0.3) is 5.91 Å². The standard InChI is InChI=1S/C22H23FN4O3/c1-29-20-6-5-13(11-25-20)9-14-10-19(26-21-15(14)3-2-4-16(21)23)22(28)27-18-7-8-30-12-17(18)24/h2-6,10-11,17-18H,7-9,12,24H2,1H3,(H,27,28)/t17?,18-/m0/s1. The van der Waals surface area contributed by atoms with Crippen LogP contribution in [-0.2, 0) is 11.2 Å². The largest absolute Gasteiger partial charge is 0.481 e. The number of hydrogen-bond acceptors (Lipinski definition) is 6. The Hall–Kier alpha value is -3.10. The smallest absolute Gasteiger partial charge is 0.270 e. The SMILES string of the molecule is COc1ccc(Cc2cc(C(=O)N[C@H]3CCOCC3N)nc3c(F)cccc23)cn1. The van der Waals surface area contributed by atoms with E-state index in [-0.39, 0.29) is 29.2 Å². The van der Waals surface area contributed by atoms with Gasteiger partial charge in [0, 0.05) is 36.3 Å². The van der Waals surface area contributed by atoms with Gasteiger partial charge in [-0.2, -0.15) is 0 Å². The molecule has 156 valence electrons. The minimum absolute atomic E-state index is 0.155. The third-order valence-corrected chi connectivity index (χ3v) is 5.23. The fourth-order valence-corrected chi connectivity index (χ4v) is 3.58. The summed E-state index contributed by atoms with van der Waals surface area (Å²) in [5.41, 5.74) is 8.05. The normalized spacial score (nSPS) is 18.9. The van der Waals surface area contributed by atoms with Gasteiger partial charge in [-0.3, -0.25) is 4.79 Å². The fourth-order valence-electron chi connectivity index (χ4n) is 3.58. The van der Waals surface area contributed by atoms with Gasteiger partial charge < -0.3 is 20.5 Å². The number of fused-ring (bicyclic) bond motifs is 1. The number of carbonyl (C=O) groups excluding carboxylic acids is 1. The molecule has 0 aliphatic carbocycles. The van der Waals surface area contributed by atoms with Crippen LogP contribution in [0.2, 0.25) is 0 Å². The van der Waals surface area contributed by atoms with Gasteiger partial charge in [-0.05, 0) is 36.1 Å². The van der Waals surface area contributed by atoms with Crippen molar-refractivity contribution in [3.05, 3.63) is 65.2 Å². The molecule has 2 atom stereocenters. The van der Waals surface area contributed by atoms with Crippen molar-refractivity contribution in [2.24, 2.45) is 5.73 Å². The van der Waals surface area contributed by atoms with E-state index < -0.39 is 5.82 Å². The average molecular weight is 410 g/mol. The Kier molecular flexibility index (Phi) is 5.87. The van der Waals surface area contributed by atoms with Crippen molar-refractivity contribution in [1.29, 1.82) is 0 Å². The number of pyridine rings is 2. The number of ether oxygens (including phenoxy) is 2. The maximum atomic E-state index is 14.5. The summed E-state index contributed by atoms with van der Waals surface area (Å²) >= 11 is 0. The highest BCUT2D eigenvalue weighted by Crippen LogP contribution is 2.24. The second-order valence-electron chi connectivity index (χ2n) is 7.30. The molecule has 0 spiro atoms. The minimum atomic E-state index is -0.473. The third-order valence-electron chi connectivity index (χ3n) is 5.23. The van der Waals surface area contributed by atoms with Crippen LogP contribution in [0.1, 0.15) is 28.0 Å². The van der Waals surface area contributed by atoms with E-state index in [1.807, 2.05) is 6.07 Å². The molecule has 3 heterocycles. The Morgan fingerprint density at radius 3 is 2.97 bits per heavy atom. The van der Waals surface area contributed by atoms with E-state index in [9.17, 15) is 9.18 Å². The fraction of sp³-hybridized carbons (Fsp3) is 0.318. The Morgan fingerprint density at radius 2 is 2.23 bits per heavy atom. The van der Waals surface area contributed by atoms with E-state index in [1.54, 1.807) is 37.6 Å². The van der Waals surface area contributed by atoms with Crippen LogP contribution < -0.4 is 15.8 Å². The number of nitrogens with zero attached hydrogens (tertiary/aromatic N) is 2. The van der Waals surface area contributed by atoms with Crippen molar-refractivity contribution in [3.8, 4) is 5.88 Å². The van der Waals surface area contributed by atoms with E-state index in [2.05, 4.69) is 15.3 Å². The molecule has 3 aromatic rings. The summed E-state index contributed by atoms with van der Waals surface area (Å²) in [5, 5.41) is 3.58. The highest BCUT2D eigenvalue weighted by Gasteiger charge is 2.25. The van der Waals surface area contributed by atoms with Crippen LogP contribution in [0.25, 0.3) is 10.9 Å². The van der Waals surface area contributed by atoms with Gasteiger partial charge in [-0.25, -0.2) is 14.4 Å². The maximum absolute atomic E-state index is 14.5. The number of methoxy groups -OCH3 is 1. The van der Waals surface area contributed by atoms with Crippen molar-refractivity contribution in [1.82, 2.24) is 15.3 Å². The Bertz CT molecular complexity index is 1060. The van der Waals surface area contributed by atoms with Crippen LogP contribution in [0.4, 0.5) is 4.39 Å². The highest BCUT2D eigenvalue weighted by molar-refractivity contribution is 5.96. The molecule has 4 rings (SSSR count). The van der Waals surface area contributed by atoms with Crippen molar-refractivity contribution in [2.45, 2.75) is 24.9 Å². The number of nitrogens with two attached hydrogens (primary N) is 1. The molecule has 1 fully saturated rings.